The van der Waals surface area contributed by atoms with Gasteiger partial charge in [-0.2, -0.15) is 0 Å². The fourth-order valence-corrected chi connectivity index (χ4v) is 2.80. The summed E-state index contributed by atoms with van der Waals surface area (Å²) < 4.78 is 0. The lowest BCUT2D eigenvalue weighted by atomic mass is 9.95. The fraction of sp³-hybridized carbons (Fsp3) is 0.375. The number of amides is 3. The van der Waals surface area contributed by atoms with Gasteiger partial charge < -0.3 is 20.9 Å². The molecule has 0 bridgehead atoms. The third-order valence-corrected chi connectivity index (χ3v) is 4.72. The van der Waals surface area contributed by atoms with Crippen LogP contribution in [0.5, 0.6) is 0 Å². The minimum atomic E-state index is -0.505. The molecule has 0 aliphatic rings. The van der Waals surface area contributed by atoms with Gasteiger partial charge in [0.05, 0.1) is 6.54 Å². The van der Waals surface area contributed by atoms with E-state index in [1.54, 1.807) is 53.4 Å². The summed E-state index contributed by atoms with van der Waals surface area (Å²) in [4.78, 5) is 38.5. The number of nitrogens with one attached hydrogen (secondary N) is 3. The van der Waals surface area contributed by atoms with Gasteiger partial charge in [0.25, 0.3) is 5.91 Å². The van der Waals surface area contributed by atoms with Crippen LogP contribution in [0.3, 0.4) is 0 Å². The van der Waals surface area contributed by atoms with E-state index >= 15 is 0 Å². The van der Waals surface area contributed by atoms with Gasteiger partial charge >= 0.3 is 0 Å². The Morgan fingerprint density at radius 1 is 0.839 bits per heavy atom. The van der Waals surface area contributed by atoms with Gasteiger partial charge in [0.2, 0.25) is 11.8 Å². The van der Waals surface area contributed by atoms with Crippen LogP contribution < -0.4 is 16.0 Å². The summed E-state index contributed by atoms with van der Waals surface area (Å²) in [6.07, 6.45) is 0. The molecule has 2 rings (SSSR count). The molecule has 0 unspecified atom stereocenters. The van der Waals surface area contributed by atoms with Gasteiger partial charge in [0, 0.05) is 41.1 Å². The van der Waals surface area contributed by atoms with Crippen LogP contribution in [0.4, 0.5) is 17.1 Å². The number of anilines is 3. The van der Waals surface area contributed by atoms with E-state index in [-0.39, 0.29) is 24.3 Å². The second-order valence-electron chi connectivity index (χ2n) is 8.24. The van der Waals surface area contributed by atoms with Crippen LogP contribution in [0.1, 0.15) is 45.0 Å². The Hall–Kier alpha value is -3.35. The molecule has 0 spiro atoms. The minimum Gasteiger partial charge on any atom is -0.376 e. The normalized spacial score (nSPS) is 10.9. The van der Waals surface area contributed by atoms with E-state index in [9.17, 15) is 14.4 Å². The molecule has 0 heterocycles. The van der Waals surface area contributed by atoms with Crippen LogP contribution >= 0.6 is 0 Å². The zero-order valence-electron chi connectivity index (χ0n) is 18.9. The Labute approximate surface area is 184 Å². The second kappa shape index (κ2) is 10.6. The van der Waals surface area contributed by atoms with E-state index in [2.05, 4.69) is 16.0 Å². The van der Waals surface area contributed by atoms with Crippen molar-refractivity contribution in [3.8, 4) is 0 Å². The van der Waals surface area contributed by atoms with Crippen molar-refractivity contribution in [3.05, 3.63) is 54.1 Å². The summed E-state index contributed by atoms with van der Waals surface area (Å²) in [6, 6.07) is 14.1. The molecule has 3 N–H and O–H groups in total. The van der Waals surface area contributed by atoms with Crippen molar-refractivity contribution >= 4 is 34.8 Å². The lowest BCUT2D eigenvalue weighted by molar-refractivity contribution is -0.123. The van der Waals surface area contributed by atoms with Gasteiger partial charge in [-0.15, -0.1) is 0 Å². The smallest absolute Gasteiger partial charge is 0.253 e. The summed E-state index contributed by atoms with van der Waals surface area (Å²) in [5, 5.41) is 8.71. The van der Waals surface area contributed by atoms with Crippen molar-refractivity contribution in [1.82, 2.24) is 4.90 Å². The summed E-state index contributed by atoms with van der Waals surface area (Å²) in [7, 11) is 0. The molecule has 0 saturated carbocycles. The molecule has 0 radical (unpaired) electrons. The highest BCUT2D eigenvalue weighted by molar-refractivity contribution is 5.97. The Morgan fingerprint density at radius 3 is 1.97 bits per heavy atom. The van der Waals surface area contributed by atoms with Gasteiger partial charge in [-0.05, 0) is 56.3 Å². The Kier molecular flexibility index (Phi) is 8.19. The summed E-state index contributed by atoms with van der Waals surface area (Å²) in [5.41, 5.74) is 2.08. The van der Waals surface area contributed by atoms with Crippen molar-refractivity contribution in [2.75, 3.05) is 35.6 Å². The molecule has 166 valence electrons. The quantitative estimate of drug-likeness (QED) is 0.592. The standard InChI is InChI=1S/C24H32N4O3/c1-6-28(7-2)22(30)17-11-13-18(14-12-17)25-16-21(29)26-19-9-8-10-20(15-19)27-23(31)24(3,4)5/h8-15,25H,6-7,16H2,1-5H3,(H,26,29)(H,27,31). The first kappa shape index (κ1) is 23.9. The van der Waals surface area contributed by atoms with Crippen molar-refractivity contribution < 1.29 is 14.4 Å². The predicted octanol–water partition coefficient (Wildman–Crippen LogP) is 4.20. The number of hydrogen-bond acceptors (Lipinski definition) is 4. The van der Waals surface area contributed by atoms with Gasteiger partial charge in [0.1, 0.15) is 0 Å². The van der Waals surface area contributed by atoms with Crippen LogP contribution in [0.15, 0.2) is 48.5 Å². The number of carbonyl (C=O) groups excluding carboxylic acids is 3. The molecule has 0 saturated heterocycles. The first-order valence-corrected chi connectivity index (χ1v) is 10.5. The van der Waals surface area contributed by atoms with E-state index in [0.717, 1.165) is 5.69 Å². The van der Waals surface area contributed by atoms with Gasteiger partial charge in [-0.1, -0.05) is 26.8 Å². The molecular weight excluding hydrogens is 392 g/mol. The number of rotatable bonds is 8. The first-order chi connectivity index (χ1) is 14.6. The zero-order valence-corrected chi connectivity index (χ0v) is 18.9. The lowest BCUT2D eigenvalue weighted by Gasteiger charge is -2.18. The van der Waals surface area contributed by atoms with Crippen LogP contribution in [0.2, 0.25) is 0 Å². The number of nitrogens with zero attached hydrogens (tertiary/aromatic N) is 1. The monoisotopic (exact) mass is 424 g/mol. The minimum absolute atomic E-state index is 0.00673. The molecule has 7 heteroatoms. The highest BCUT2D eigenvalue weighted by Gasteiger charge is 2.21. The summed E-state index contributed by atoms with van der Waals surface area (Å²) >= 11 is 0. The largest absolute Gasteiger partial charge is 0.376 e. The zero-order chi connectivity index (χ0) is 23.0. The maximum Gasteiger partial charge on any atom is 0.253 e. The first-order valence-electron chi connectivity index (χ1n) is 10.5. The number of benzene rings is 2. The number of carbonyl (C=O) groups is 3. The molecule has 3 amide bonds. The maximum absolute atomic E-state index is 12.4. The molecular formula is C24H32N4O3. The molecule has 0 atom stereocenters. The molecule has 31 heavy (non-hydrogen) atoms. The molecule has 0 aliphatic carbocycles. The predicted molar refractivity (Wildman–Crippen MR) is 125 cm³/mol. The molecule has 2 aromatic rings. The average Bonchev–Trinajstić information content (AvgIpc) is 2.73. The van der Waals surface area contributed by atoms with Gasteiger partial charge in [0.15, 0.2) is 0 Å². The van der Waals surface area contributed by atoms with E-state index in [4.69, 9.17) is 0 Å². The van der Waals surface area contributed by atoms with Crippen LogP contribution in [-0.2, 0) is 9.59 Å². The molecule has 0 fully saturated rings. The fourth-order valence-electron chi connectivity index (χ4n) is 2.80. The van der Waals surface area contributed by atoms with Crippen LogP contribution in [0.25, 0.3) is 0 Å². The highest BCUT2D eigenvalue weighted by atomic mass is 16.2. The highest BCUT2D eigenvalue weighted by Crippen LogP contribution is 2.20. The van der Waals surface area contributed by atoms with Crippen molar-refractivity contribution in [1.29, 1.82) is 0 Å². The van der Waals surface area contributed by atoms with Crippen molar-refractivity contribution in [2.45, 2.75) is 34.6 Å². The second-order valence-corrected chi connectivity index (χ2v) is 8.24. The van der Waals surface area contributed by atoms with Crippen molar-refractivity contribution in [3.63, 3.8) is 0 Å². The SMILES string of the molecule is CCN(CC)C(=O)c1ccc(NCC(=O)Nc2cccc(NC(=O)C(C)(C)C)c2)cc1. The van der Waals surface area contributed by atoms with Crippen molar-refractivity contribution in [2.24, 2.45) is 5.41 Å². The lowest BCUT2D eigenvalue weighted by Crippen LogP contribution is -2.30. The summed E-state index contributed by atoms with van der Waals surface area (Å²) in [6.45, 7) is 10.8. The van der Waals surface area contributed by atoms with Gasteiger partial charge in [-0.25, -0.2) is 0 Å². The van der Waals surface area contributed by atoms with Gasteiger partial charge in [-0.3, -0.25) is 14.4 Å². The van der Waals surface area contributed by atoms with E-state index in [1.807, 2.05) is 34.6 Å². The topological polar surface area (TPSA) is 90.5 Å². The van der Waals surface area contributed by atoms with E-state index in [0.29, 0.717) is 30.0 Å². The van der Waals surface area contributed by atoms with E-state index < -0.39 is 5.41 Å². The molecule has 0 aliphatic heterocycles. The Bertz CT molecular complexity index is 913. The Balaban J connectivity index is 1.90. The Morgan fingerprint density at radius 2 is 1.42 bits per heavy atom. The molecule has 7 nitrogen and oxygen atoms in total. The molecule has 0 aromatic heterocycles. The number of hydrogen-bond donors (Lipinski definition) is 3. The third-order valence-electron chi connectivity index (χ3n) is 4.72. The van der Waals surface area contributed by atoms with Crippen LogP contribution in [0, 0.1) is 5.41 Å². The average molecular weight is 425 g/mol. The summed E-state index contributed by atoms with van der Waals surface area (Å²) in [5.74, 6) is -0.323. The third kappa shape index (κ3) is 7.13. The maximum atomic E-state index is 12.4. The van der Waals surface area contributed by atoms with Crippen LogP contribution in [-0.4, -0.2) is 42.3 Å². The van der Waals surface area contributed by atoms with E-state index in [1.165, 1.54) is 0 Å². The molecule has 2 aromatic carbocycles.